The smallest absolute Gasteiger partial charge is 0.0165 e. The minimum Gasteiger partial charge on any atom is -0.313 e. The molecule has 0 aliphatic carbocycles. The highest BCUT2D eigenvalue weighted by atomic mass is 14.8. The molecule has 0 heterocycles. The summed E-state index contributed by atoms with van der Waals surface area (Å²) in [4.78, 5) is 0. The van der Waals surface area contributed by atoms with Crippen LogP contribution in [0.15, 0.2) is 35.9 Å². The van der Waals surface area contributed by atoms with E-state index < -0.39 is 0 Å². The molecule has 0 aliphatic rings. The number of hydrogen-bond donors (Lipinski definition) is 1. The van der Waals surface area contributed by atoms with Gasteiger partial charge in [-0.05, 0) is 25.5 Å². The van der Waals surface area contributed by atoms with Crippen LogP contribution in [0.2, 0.25) is 0 Å². The van der Waals surface area contributed by atoms with Crippen LogP contribution in [-0.2, 0) is 0 Å². The zero-order valence-electron chi connectivity index (χ0n) is 9.79. The third-order valence-corrected chi connectivity index (χ3v) is 2.32. The Kier molecular flexibility index (Phi) is 5.79. The number of hydrogen-bond acceptors (Lipinski definition) is 1. The third-order valence-electron chi connectivity index (χ3n) is 2.32. The molecule has 0 spiro atoms. The fourth-order valence-corrected chi connectivity index (χ4v) is 1.47. The highest BCUT2D eigenvalue weighted by Crippen LogP contribution is 2.04. The predicted molar refractivity (Wildman–Crippen MR) is 67.9 cm³/mol. The van der Waals surface area contributed by atoms with Gasteiger partial charge in [0.25, 0.3) is 0 Å². The van der Waals surface area contributed by atoms with E-state index in [1.54, 1.807) is 0 Å². The summed E-state index contributed by atoms with van der Waals surface area (Å²) in [5, 5.41) is 3.44. The van der Waals surface area contributed by atoms with Crippen molar-refractivity contribution in [1.82, 2.24) is 5.32 Å². The molecule has 0 aliphatic heterocycles. The number of rotatable bonds is 6. The number of benzene rings is 1. The van der Waals surface area contributed by atoms with Crippen molar-refractivity contribution in [3.8, 4) is 0 Å². The predicted octanol–water partition coefficient (Wildman–Crippen LogP) is 3.48. The standard InChI is InChI=1S/C14H21N/c1-3-4-10-15-12-13(2)11-14-8-6-5-7-9-14/h5-9,11,15H,3-4,10,12H2,1-2H3. The third kappa shape index (κ3) is 5.38. The van der Waals surface area contributed by atoms with Crippen LogP contribution >= 0.6 is 0 Å². The lowest BCUT2D eigenvalue weighted by Gasteiger charge is -2.04. The molecule has 1 nitrogen and oxygen atoms in total. The maximum atomic E-state index is 3.44. The van der Waals surface area contributed by atoms with E-state index >= 15 is 0 Å². The van der Waals surface area contributed by atoms with E-state index in [0.717, 1.165) is 13.1 Å². The van der Waals surface area contributed by atoms with E-state index in [-0.39, 0.29) is 0 Å². The summed E-state index contributed by atoms with van der Waals surface area (Å²) < 4.78 is 0. The Morgan fingerprint density at radius 2 is 2.00 bits per heavy atom. The van der Waals surface area contributed by atoms with Crippen molar-refractivity contribution in [3.05, 3.63) is 41.5 Å². The molecule has 0 bridgehead atoms. The summed E-state index contributed by atoms with van der Waals surface area (Å²) >= 11 is 0. The SMILES string of the molecule is CCCCNCC(C)=Cc1ccccc1. The summed E-state index contributed by atoms with van der Waals surface area (Å²) in [6.07, 6.45) is 4.76. The van der Waals surface area contributed by atoms with E-state index in [1.807, 2.05) is 6.07 Å². The molecular weight excluding hydrogens is 182 g/mol. The molecule has 15 heavy (non-hydrogen) atoms. The lowest BCUT2D eigenvalue weighted by Crippen LogP contribution is -2.17. The molecular formula is C14H21N. The van der Waals surface area contributed by atoms with Gasteiger partial charge in [0, 0.05) is 6.54 Å². The summed E-state index contributed by atoms with van der Waals surface area (Å²) in [7, 11) is 0. The van der Waals surface area contributed by atoms with Gasteiger partial charge in [-0.3, -0.25) is 0 Å². The van der Waals surface area contributed by atoms with Crippen LogP contribution in [0, 0.1) is 0 Å². The second kappa shape index (κ2) is 7.24. The summed E-state index contributed by atoms with van der Waals surface area (Å²) in [6, 6.07) is 10.5. The van der Waals surface area contributed by atoms with Gasteiger partial charge in [0.2, 0.25) is 0 Å². The number of unbranched alkanes of at least 4 members (excludes halogenated alkanes) is 1. The van der Waals surface area contributed by atoms with Crippen LogP contribution in [0.25, 0.3) is 6.08 Å². The molecule has 1 rings (SSSR count). The van der Waals surface area contributed by atoms with Crippen molar-refractivity contribution < 1.29 is 0 Å². The van der Waals surface area contributed by atoms with Gasteiger partial charge in [-0.25, -0.2) is 0 Å². The van der Waals surface area contributed by atoms with Crippen molar-refractivity contribution in [1.29, 1.82) is 0 Å². The van der Waals surface area contributed by atoms with Crippen LogP contribution in [0.4, 0.5) is 0 Å². The van der Waals surface area contributed by atoms with E-state index in [4.69, 9.17) is 0 Å². The first-order valence-electron chi connectivity index (χ1n) is 5.76. The summed E-state index contributed by atoms with van der Waals surface area (Å²) in [5.41, 5.74) is 2.67. The molecule has 1 heteroatoms. The zero-order valence-corrected chi connectivity index (χ0v) is 9.79. The average molecular weight is 203 g/mol. The Hall–Kier alpha value is -1.08. The van der Waals surface area contributed by atoms with Crippen molar-refractivity contribution in [2.75, 3.05) is 13.1 Å². The molecule has 0 saturated carbocycles. The van der Waals surface area contributed by atoms with Crippen molar-refractivity contribution in [2.45, 2.75) is 26.7 Å². The Labute approximate surface area is 93.2 Å². The van der Waals surface area contributed by atoms with Gasteiger partial charge < -0.3 is 5.32 Å². The monoisotopic (exact) mass is 203 g/mol. The quantitative estimate of drug-likeness (QED) is 0.698. The topological polar surface area (TPSA) is 12.0 Å². The van der Waals surface area contributed by atoms with Gasteiger partial charge in [-0.1, -0.05) is 55.3 Å². The van der Waals surface area contributed by atoms with Gasteiger partial charge >= 0.3 is 0 Å². The molecule has 0 saturated heterocycles. The molecule has 1 aromatic carbocycles. The van der Waals surface area contributed by atoms with Crippen LogP contribution in [0.1, 0.15) is 32.3 Å². The Bertz CT molecular complexity index is 287. The van der Waals surface area contributed by atoms with Crippen LogP contribution in [0.3, 0.4) is 0 Å². The lowest BCUT2D eigenvalue weighted by atomic mass is 10.1. The van der Waals surface area contributed by atoms with Gasteiger partial charge in [0.1, 0.15) is 0 Å². The molecule has 0 fully saturated rings. The molecule has 0 aromatic heterocycles. The van der Waals surface area contributed by atoms with E-state index in [0.29, 0.717) is 0 Å². The fourth-order valence-electron chi connectivity index (χ4n) is 1.47. The summed E-state index contributed by atoms with van der Waals surface area (Å²) in [6.45, 7) is 6.51. The first kappa shape index (κ1) is 12.0. The Morgan fingerprint density at radius 3 is 2.67 bits per heavy atom. The van der Waals surface area contributed by atoms with Crippen LogP contribution in [0.5, 0.6) is 0 Å². The lowest BCUT2D eigenvalue weighted by molar-refractivity contribution is 0.672. The largest absolute Gasteiger partial charge is 0.313 e. The van der Waals surface area contributed by atoms with Gasteiger partial charge in [-0.2, -0.15) is 0 Å². The highest BCUT2D eigenvalue weighted by molar-refractivity contribution is 5.52. The minimum atomic E-state index is 0.995. The van der Waals surface area contributed by atoms with Gasteiger partial charge in [0.05, 0.1) is 0 Å². The second-order valence-corrected chi connectivity index (χ2v) is 3.93. The molecule has 1 N–H and O–H groups in total. The maximum Gasteiger partial charge on any atom is 0.0165 e. The van der Waals surface area contributed by atoms with Crippen LogP contribution < -0.4 is 5.32 Å². The molecule has 0 radical (unpaired) electrons. The zero-order chi connectivity index (χ0) is 10.9. The van der Waals surface area contributed by atoms with Crippen molar-refractivity contribution >= 4 is 6.08 Å². The fraction of sp³-hybridized carbons (Fsp3) is 0.429. The average Bonchev–Trinajstić information content (AvgIpc) is 2.26. The normalized spacial score (nSPS) is 11.7. The van der Waals surface area contributed by atoms with Crippen LogP contribution in [-0.4, -0.2) is 13.1 Å². The molecule has 1 aromatic rings. The molecule has 0 unspecified atom stereocenters. The molecule has 0 amide bonds. The van der Waals surface area contributed by atoms with Crippen molar-refractivity contribution in [3.63, 3.8) is 0 Å². The first-order chi connectivity index (χ1) is 7.33. The molecule has 0 atom stereocenters. The first-order valence-corrected chi connectivity index (χ1v) is 5.76. The Morgan fingerprint density at radius 1 is 1.27 bits per heavy atom. The summed E-state index contributed by atoms with van der Waals surface area (Å²) in [5.74, 6) is 0. The second-order valence-electron chi connectivity index (χ2n) is 3.93. The minimum absolute atomic E-state index is 0.995. The van der Waals surface area contributed by atoms with Gasteiger partial charge in [-0.15, -0.1) is 0 Å². The van der Waals surface area contributed by atoms with Crippen molar-refractivity contribution in [2.24, 2.45) is 0 Å². The van der Waals surface area contributed by atoms with E-state index in [1.165, 1.54) is 24.0 Å². The maximum absolute atomic E-state index is 3.44. The Balaban J connectivity index is 2.33. The van der Waals surface area contributed by atoms with E-state index in [9.17, 15) is 0 Å². The highest BCUT2D eigenvalue weighted by Gasteiger charge is 1.90. The van der Waals surface area contributed by atoms with Gasteiger partial charge in [0.15, 0.2) is 0 Å². The van der Waals surface area contributed by atoms with E-state index in [2.05, 4.69) is 49.5 Å². The molecule has 82 valence electrons. The number of nitrogens with one attached hydrogen (secondary N) is 1.